The number of carbonyl (C=O) groups is 3. The molecule has 0 radical (unpaired) electrons. The monoisotopic (exact) mass is 383 g/mol. The zero-order valence-electron chi connectivity index (χ0n) is 15.0. The van der Waals surface area contributed by atoms with E-state index in [1.165, 1.54) is 9.80 Å². The van der Waals surface area contributed by atoms with E-state index >= 15 is 0 Å². The second-order valence-electron chi connectivity index (χ2n) is 6.92. The molecule has 3 atom stereocenters. The number of hydrogen-bond acceptors (Lipinski definition) is 3. The Morgan fingerprint density at radius 3 is 2.52 bits per heavy atom. The fourth-order valence-corrected chi connectivity index (χ4v) is 3.42. The van der Waals surface area contributed by atoms with E-state index in [4.69, 9.17) is 0 Å². The molecule has 1 aromatic carbocycles. The Hall–Kier alpha value is -2.58. The van der Waals surface area contributed by atoms with Gasteiger partial charge in [0.25, 0.3) is 5.91 Å². The molecule has 2 fully saturated rings. The van der Waals surface area contributed by atoms with Crippen molar-refractivity contribution >= 4 is 17.7 Å². The van der Waals surface area contributed by atoms with E-state index in [9.17, 15) is 27.6 Å². The van der Waals surface area contributed by atoms with Crippen molar-refractivity contribution in [3.8, 4) is 0 Å². The Morgan fingerprint density at radius 1 is 1.19 bits per heavy atom. The van der Waals surface area contributed by atoms with E-state index in [1.54, 1.807) is 0 Å². The lowest BCUT2D eigenvalue weighted by Gasteiger charge is -2.46. The van der Waals surface area contributed by atoms with Gasteiger partial charge in [0.2, 0.25) is 11.8 Å². The summed E-state index contributed by atoms with van der Waals surface area (Å²) in [5.74, 6) is -5.37. The lowest BCUT2D eigenvalue weighted by atomic mass is 9.93. The van der Waals surface area contributed by atoms with Crippen LogP contribution in [0.25, 0.3) is 0 Å². The Balaban J connectivity index is 1.79. The molecule has 0 unspecified atom stereocenters. The van der Waals surface area contributed by atoms with Crippen LogP contribution in [0.3, 0.4) is 0 Å². The predicted molar refractivity (Wildman–Crippen MR) is 89.1 cm³/mol. The number of rotatable bonds is 3. The summed E-state index contributed by atoms with van der Waals surface area (Å²) < 4.78 is 40.4. The number of nitrogens with one attached hydrogen (secondary N) is 1. The first-order valence-electron chi connectivity index (χ1n) is 8.79. The molecule has 1 aromatic rings. The van der Waals surface area contributed by atoms with Gasteiger partial charge < -0.3 is 15.1 Å². The number of piperazine rings is 2. The van der Waals surface area contributed by atoms with Crippen LogP contribution in [-0.4, -0.2) is 59.2 Å². The lowest BCUT2D eigenvalue weighted by molar-refractivity contribution is -0.153. The van der Waals surface area contributed by atoms with Crippen LogP contribution >= 0.6 is 0 Å². The first kappa shape index (κ1) is 19.2. The highest BCUT2D eigenvalue weighted by Gasteiger charge is 2.45. The summed E-state index contributed by atoms with van der Waals surface area (Å²) >= 11 is 0. The summed E-state index contributed by atoms with van der Waals surface area (Å²) in [5.41, 5.74) is -0.609. The van der Waals surface area contributed by atoms with Gasteiger partial charge in [0, 0.05) is 19.2 Å². The van der Waals surface area contributed by atoms with Crippen LogP contribution in [0.4, 0.5) is 13.2 Å². The smallest absolute Gasteiger partial charge is 0.257 e. The molecule has 0 saturated carbocycles. The first-order chi connectivity index (χ1) is 12.7. The molecule has 2 saturated heterocycles. The van der Waals surface area contributed by atoms with Gasteiger partial charge in [-0.3, -0.25) is 14.4 Å². The SMILES string of the molecule is CC[C@H](C)[C@@H]1NC(=O)[C@H]2CN(C(=O)c3cc(F)c(F)cc3F)CCN2C1=O. The first-order valence-corrected chi connectivity index (χ1v) is 8.79. The van der Waals surface area contributed by atoms with Crippen molar-refractivity contribution in [3.05, 3.63) is 35.1 Å². The Labute approximate surface area is 154 Å². The fourth-order valence-electron chi connectivity index (χ4n) is 3.42. The molecule has 0 bridgehead atoms. The van der Waals surface area contributed by atoms with Gasteiger partial charge in [0.05, 0.1) is 12.1 Å². The molecular weight excluding hydrogens is 363 g/mol. The predicted octanol–water partition coefficient (Wildman–Crippen LogP) is 1.30. The van der Waals surface area contributed by atoms with E-state index in [2.05, 4.69) is 5.32 Å². The summed E-state index contributed by atoms with van der Waals surface area (Å²) in [4.78, 5) is 40.2. The van der Waals surface area contributed by atoms with Crippen molar-refractivity contribution in [1.29, 1.82) is 0 Å². The highest BCUT2D eigenvalue weighted by molar-refractivity contribution is 5.99. The normalized spacial score (nSPS) is 23.7. The molecule has 2 heterocycles. The van der Waals surface area contributed by atoms with Crippen LogP contribution in [0, 0.1) is 23.4 Å². The van der Waals surface area contributed by atoms with Gasteiger partial charge in [-0.15, -0.1) is 0 Å². The van der Waals surface area contributed by atoms with Crippen LogP contribution < -0.4 is 5.32 Å². The Bertz CT molecular complexity index is 802. The number of halogens is 3. The van der Waals surface area contributed by atoms with Crippen LogP contribution in [-0.2, 0) is 9.59 Å². The highest BCUT2D eigenvalue weighted by atomic mass is 19.2. The quantitative estimate of drug-likeness (QED) is 0.800. The highest BCUT2D eigenvalue weighted by Crippen LogP contribution is 2.23. The molecule has 9 heteroatoms. The minimum Gasteiger partial charge on any atom is -0.342 e. The molecule has 3 rings (SSSR count). The Kier molecular flexibility index (Phi) is 5.12. The zero-order valence-corrected chi connectivity index (χ0v) is 15.0. The second kappa shape index (κ2) is 7.21. The van der Waals surface area contributed by atoms with Gasteiger partial charge in [-0.1, -0.05) is 20.3 Å². The lowest BCUT2D eigenvalue weighted by Crippen LogP contribution is -2.70. The topological polar surface area (TPSA) is 69.7 Å². The van der Waals surface area contributed by atoms with Crippen molar-refractivity contribution < 1.29 is 27.6 Å². The van der Waals surface area contributed by atoms with Gasteiger partial charge >= 0.3 is 0 Å². The molecule has 6 nitrogen and oxygen atoms in total. The summed E-state index contributed by atoms with van der Waals surface area (Å²) in [6, 6.07) is -0.676. The van der Waals surface area contributed by atoms with E-state index < -0.39 is 41.0 Å². The standard InChI is InChI=1S/C18H20F3N3O3/c1-3-9(2)15-18(27)24-5-4-23(8-14(24)16(25)22-15)17(26)10-6-12(20)13(21)7-11(10)19/h6-7,9,14-15H,3-5,8H2,1-2H3,(H,22,25)/t9-,14+,15-/m0/s1. The minimum atomic E-state index is -1.39. The summed E-state index contributed by atoms with van der Waals surface area (Å²) in [5, 5.41) is 2.69. The van der Waals surface area contributed by atoms with Crippen LogP contribution in [0.2, 0.25) is 0 Å². The number of amides is 3. The molecule has 2 aliphatic heterocycles. The maximum Gasteiger partial charge on any atom is 0.257 e. The van der Waals surface area contributed by atoms with Gasteiger partial charge in [0.15, 0.2) is 11.6 Å². The third-order valence-electron chi connectivity index (χ3n) is 5.27. The van der Waals surface area contributed by atoms with Crippen LogP contribution in [0.1, 0.15) is 30.6 Å². The van der Waals surface area contributed by atoms with Crippen LogP contribution in [0.5, 0.6) is 0 Å². The van der Waals surface area contributed by atoms with Crippen molar-refractivity contribution in [2.75, 3.05) is 19.6 Å². The van der Waals surface area contributed by atoms with Gasteiger partial charge in [-0.05, 0) is 12.0 Å². The van der Waals surface area contributed by atoms with Gasteiger partial charge in [0.1, 0.15) is 17.9 Å². The van der Waals surface area contributed by atoms with Gasteiger partial charge in [-0.2, -0.15) is 0 Å². The average Bonchev–Trinajstić information content (AvgIpc) is 2.66. The largest absolute Gasteiger partial charge is 0.342 e. The summed E-state index contributed by atoms with van der Waals surface area (Å²) in [6.07, 6.45) is 0.717. The average molecular weight is 383 g/mol. The third kappa shape index (κ3) is 3.38. The third-order valence-corrected chi connectivity index (χ3v) is 5.27. The summed E-state index contributed by atoms with van der Waals surface area (Å²) in [7, 11) is 0. The number of nitrogens with zero attached hydrogens (tertiary/aromatic N) is 2. The van der Waals surface area contributed by atoms with Crippen molar-refractivity contribution in [2.45, 2.75) is 32.4 Å². The Morgan fingerprint density at radius 2 is 1.85 bits per heavy atom. The molecule has 3 amide bonds. The molecule has 27 heavy (non-hydrogen) atoms. The van der Waals surface area contributed by atoms with Gasteiger partial charge in [-0.25, -0.2) is 13.2 Å². The fraction of sp³-hybridized carbons (Fsp3) is 0.500. The molecule has 2 aliphatic rings. The van der Waals surface area contributed by atoms with E-state index in [-0.39, 0.29) is 37.4 Å². The second-order valence-corrected chi connectivity index (χ2v) is 6.92. The molecular formula is C18H20F3N3O3. The van der Waals surface area contributed by atoms with Crippen molar-refractivity contribution in [1.82, 2.24) is 15.1 Å². The molecule has 0 aromatic heterocycles. The maximum atomic E-state index is 13.9. The molecule has 1 N–H and O–H groups in total. The molecule has 0 aliphatic carbocycles. The minimum absolute atomic E-state index is 0.0293. The van der Waals surface area contributed by atoms with Crippen molar-refractivity contribution in [2.24, 2.45) is 5.92 Å². The van der Waals surface area contributed by atoms with E-state index in [1.807, 2.05) is 13.8 Å². The zero-order chi connectivity index (χ0) is 19.9. The van der Waals surface area contributed by atoms with E-state index in [0.29, 0.717) is 12.1 Å². The molecule has 146 valence electrons. The van der Waals surface area contributed by atoms with Crippen LogP contribution in [0.15, 0.2) is 12.1 Å². The number of hydrogen-bond donors (Lipinski definition) is 1. The number of carbonyl (C=O) groups excluding carboxylic acids is 3. The maximum absolute atomic E-state index is 13.9. The van der Waals surface area contributed by atoms with E-state index in [0.717, 1.165) is 6.42 Å². The molecule has 0 spiro atoms. The number of benzene rings is 1. The number of fused-ring (bicyclic) bond motifs is 1. The summed E-state index contributed by atoms with van der Waals surface area (Å²) in [6.45, 7) is 3.83. The van der Waals surface area contributed by atoms with Crippen molar-refractivity contribution in [3.63, 3.8) is 0 Å².